The molecule has 2 fully saturated rings. The average molecular weight is 344 g/mol. The zero-order valence-electron chi connectivity index (χ0n) is 14.5. The van der Waals surface area contributed by atoms with Crippen LogP contribution in [0.25, 0.3) is 0 Å². The van der Waals surface area contributed by atoms with Gasteiger partial charge in [0.05, 0.1) is 6.42 Å². The second kappa shape index (κ2) is 7.25. The van der Waals surface area contributed by atoms with E-state index in [0.717, 1.165) is 24.0 Å². The first-order valence-corrected chi connectivity index (χ1v) is 8.83. The van der Waals surface area contributed by atoms with E-state index >= 15 is 0 Å². The molecule has 0 aromatic heterocycles. The number of carbonyl (C=O) groups is 3. The molecule has 2 atom stereocenters. The van der Waals surface area contributed by atoms with E-state index in [0.29, 0.717) is 25.9 Å². The Morgan fingerprint density at radius 1 is 1.20 bits per heavy atom. The molecule has 3 rings (SSSR count). The average Bonchev–Trinajstić information content (AvgIpc) is 3.16. The molecule has 0 radical (unpaired) electrons. The second-order valence-corrected chi connectivity index (χ2v) is 6.99. The Morgan fingerprint density at radius 3 is 2.60 bits per heavy atom. The largest absolute Gasteiger partial charge is 0.481 e. The molecule has 1 N–H and O–H groups in total. The van der Waals surface area contributed by atoms with Crippen molar-refractivity contribution in [2.45, 2.75) is 57.7 Å². The molecule has 6 nitrogen and oxygen atoms in total. The van der Waals surface area contributed by atoms with Gasteiger partial charge in [0.15, 0.2) is 0 Å². The minimum Gasteiger partial charge on any atom is -0.481 e. The van der Waals surface area contributed by atoms with Crippen molar-refractivity contribution in [2.24, 2.45) is 0 Å². The van der Waals surface area contributed by atoms with E-state index in [2.05, 4.69) is 0 Å². The first kappa shape index (κ1) is 17.5. The zero-order valence-corrected chi connectivity index (χ0v) is 14.5. The maximum absolute atomic E-state index is 13.0. The fraction of sp³-hybridized carbons (Fsp3) is 0.526. The molecule has 0 spiro atoms. The van der Waals surface area contributed by atoms with Crippen molar-refractivity contribution in [1.82, 2.24) is 9.80 Å². The third kappa shape index (κ3) is 3.83. The molecule has 0 bridgehead atoms. The van der Waals surface area contributed by atoms with Crippen LogP contribution in [0, 0.1) is 6.92 Å². The van der Waals surface area contributed by atoms with E-state index in [9.17, 15) is 14.4 Å². The number of aryl methyl sites for hydroxylation is 1. The van der Waals surface area contributed by atoms with Crippen LogP contribution in [0.4, 0.5) is 0 Å². The Balaban J connectivity index is 1.73. The van der Waals surface area contributed by atoms with Crippen molar-refractivity contribution >= 4 is 17.8 Å². The van der Waals surface area contributed by atoms with Crippen molar-refractivity contribution in [2.75, 3.05) is 6.54 Å². The highest BCUT2D eigenvalue weighted by molar-refractivity contribution is 5.91. The number of likely N-dealkylation sites (tertiary alicyclic amines) is 2. The van der Waals surface area contributed by atoms with E-state index in [1.54, 1.807) is 9.80 Å². The molecule has 134 valence electrons. The molecule has 1 aromatic carbocycles. The highest BCUT2D eigenvalue weighted by Crippen LogP contribution is 2.28. The summed E-state index contributed by atoms with van der Waals surface area (Å²) in [7, 11) is 0. The minimum atomic E-state index is -0.885. The van der Waals surface area contributed by atoms with Gasteiger partial charge >= 0.3 is 5.97 Å². The van der Waals surface area contributed by atoms with Crippen LogP contribution in [0.1, 0.15) is 43.2 Å². The summed E-state index contributed by atoms with van der Waals surface area (Å²) in [5.41, 5.74) is 2.15. The Morgan fingerprint density at radius 2 is 1.92 bits per heavy atom. The topological polar surface area (TPSA) is 77.9 Å². The first-order valence-electron chi connectivity index (χ1n) is 8.83. The molecular weight excluding hydrogens is 320 g/mol. The molecular formula is C19H24N2O4. The molecule has 2 saturated heterocycles. The molecule has 1 aromatic rings. The van der Waals surface area contributed by atoms with Gasteiger partial charge in [-0.05, 0) is 31.7 Å². The van der Waals surface area contributed by atoms with Crippen molar-refractivity contribution in [3.8, 4) is 0 Å². The maximum Gasteiger partial charge on any atom is 0.305 e. The van der Waals surface area contributed by atoms with Crippen LogP contribution in [0.5, 0.6) is 0 Å². The number of nitrogens with zero attached hydrogens (tertiary/aromatic N) is 2. The van der Waals surface area contributed by atoms with Gasteiger partial charge in [-0.25, -0.2) is 0 Å². The van der Waals surface area contributed by atoms with Gasteiger partial charge < -0.3 is 14.9 Å². The summed E-state index contributed by atoms with van der Waals surface area (Å²) in [6.07, 6.45) is 2.41. The number of carbonyl (C=O) groups excluding carboxylic acids is 2. The van der Waals surface area contributed by atoms with Crippen molar-refractivity contribution in [3.05, 3.63) is 35.4 Å². The first-order chi connectivity index (χ1) is 12.0. The predicted octanol–water partition coefficient (Wildman–Crippen LogP) is 1.95. The number of rotatable bonds is 5. The SMILES string of the molecule is Cc1ccc(CN2C(=O)CCC2C(=O)N2CCCC2CC(=O)O)cc1. The number of carboxylic acid groups (broad SMARTS) is 1. The molecule has 6 heteroatoms. The molecule has 0 aliphatic carbocycles. The van der Waals surface area contributed by atoms with Gasteiger partial charge in [0.25, 0.3) is 0 Å². The minimum absolute atomic E-state index is 0.00657. The quantitative estimate of drug-likeness (QED) is 0.886. The van der Waals surface area contributed by atoms with E-state index < -0.39 is 12.0 Å². The lowest BCUT2D eigenvalue weighted by molar-refractivity contribution is -0.144. The number of aliphatic carboxylic acids is 1. The summed E-state index contributed by atoms with van der Waals surface area (Å²) < 4.78 is 0. The Bertz CT molecular complexity index is 671. The summed E-state index contributed by atoms with van der Waals surface area (Å²) in [6.45, 7) is 3.01. The lowest BCUT2D eigenvalue weighted by Gasteiger charge is -2.31. The normalized spacial score (nSPS) is 23.3. The second-order valence-electron chi connectivity index (χ2n) is 6.99. The molecule has 2 amide bonds. The number of hydrogen-bond acceptors (Lipinski definition) is 3. The lowest BCUT2D eigenvalue weighted by Crippen LogP contribution is -2.48. The number of hydrogen-bond donors (Lipinski definition) is 1. The van der Waals surface area contributed by atoms with Gasteiger partial charge in [0.1, 0.15) is 6.04 Å². The zero-order chi connectivity index (χ0) is 18.0. The molecule has 2 aliphatic heterocycles. The van der Waals surface area contributed by atoms with Crippen LogP contribution in [0.3, 0.4) is 0 Å². The fourth-order valence-electron chi connectivity index (χ4n) is 3.81. The van der Waals surface area contributed by atoms with E-state index in [1.807, 2.05) is 31.2 Å². The van der Waals surface area contributed by atoms with Gasteiger partial charge in [-0.2, -0.15) is 0 Å². The molecule has 25 heavy (non-hydrogen) atoms. The van der Waals surface area contributed by atoms with Crippen LogP contribution in [-0.2, 0) is 20.9 Å². The third-order valence-corrected chi connectivity index (χ3v) is 5.16. The van der Waals surface area contributed by atoms with E-state index in [1.165, 1.54) is 0 Å². The third-order valence-electron chi connectivity index (χ3n) is 5.16. The number of carboxylic acids is 1. The summed E-state index contributed by atoms with van der Waals surface area (Å²) in [4.78, 5) is 39.6. The predicted molar refractivity (Wildman–Crippen MR) is 91.7 cm³/mol. The highest BCUT2D eigenvalue weighted by atomic mass is 16.4. The van der Waals surface area contributed by atoms with Gasteiger partial charge in [-0.1, -0.05) is 29.8 Å². The molecule has 2 heterocycles. The summed E-state index contributed by atoms with van der Waals surface area (Å²) in [6, 6.07) is 7.23. The van der Waals surface area contributed by atoms with Crippen molar-refractivity contribution in [3.63, 3.8) is 0 Å². The molecule has 2 unspecified atom stereocenters. The number of benzene rings is 1. The van der Waals surface area contributed by atoms with Gasteiger partial charge in [-0.3, -0.25) is 14.4 Å². The van der Waals surface area contributed by atoms with Crippen LogP contribution < -0.4 is 0 Å². The number of amides is 2. The standard InChI is InChI=1S/C19H24N2O4/c1-13-4-6-14(7-5-13)12-21-16(8-9-17(21)22)19(25)20-10-2-3-15(20)11-18(23)24/h4-7,15-16H,2-3,8-12H2,1H3,(H,23,24). The van der Waals surface area contributed by atoms with Gasteiger partial charge in [-0.15, -0.1) is 0 Å². The van der Waals surface area contributed by atoms with Gasteiger partial charge in [0, 0.05) is 25.6 Å². The van der Waals surface area contributed by atoms with Crippen LogP contribution >= 0.6 is 0 Å². The Hall–Kier alpha value is -2.37. The van der Waals surface area contributed by atoms with Crippen LogP contribution in [0.2, 0.25) is 0 Å². The van der Waals surface area contributed by atoms with Crippen LogP contribution in [-0.4, -0.2) is 51.3 Å². The smallest absolute Gasteiger partial charge is 0.305 e. The highest BCUT2D eigenvalue weighted by Gasteiger charge is 2.41. The van der Waals surface area contributed by atoms with E-state index in [-0.39, 0.29) is 24.3 Å². The van der Waals surface area contributed by atoms with Crippen LogP contribution in [0.15, 0.2) is 24.3 Å². The Labute approximate surface area is 147 Å². The molecule has 0 saturated carbocycles. The summed E-state index contributed by atoms with van der Waals surface area (Å²) in [5, 5.41) is 9.05. The molecule has 2 aliphatic rings. The Kier molecular flexibility index (Phi) is 5.06. The van der Waals surface area contributed by atoms with Gasteiger partial charge in [0.2, 0.25) is 11.8 Å². The van der Waals surface area contributed by atoms with Crippen molar-refractivity contribution < 1.29 is 19.5 Å². The summed E-state index contributed by atoms with van der Waals surface area (Å²) in [5.74, 6) is -0.988. The maximum atomic E-state index is 13.0. The van der Waals surface area contributed by atoms with Crippen molar-refractivity contribution in [1.29, 1.82) is 0 Å². The lowest BCUT2D eigenvalue weighted by atomic mass is 10.1. The monoisotopic (exact) mass is 344 g/mol. The fourth-order valence-corrected chi connectivity index (χ4v) is 3.81. The summed E-state index contributed by atoms with van der Waals surface area (Å²) >= 11 is 0. The van der Waals surface area contributed by atoms with E-state index in [4.69, 9.17) is 5.11 Å².